The van der Waals surface area contributed by atoms with Crippen LogP contribution in [0, 0.1) is 12.7 Å². The third kappa shape index (κ3) is 7.82. The first-order chi connectivity index (χ1) is 18.7. The van der Waals surface area contributed by atoms with E-state index in [2.05, 4.69) is 5.32 Å². The van der Waals surface area contributed by atoms with Gasteiger partial charge in [-0.15, -0.1) is 0 Å². The molecule has 0 saturated heterocycles. The van der Waals surface area contributed by atoms with E-state index in [1.165, 1.54) is 41.3 Å². The number of carbonyl (C=O) groups excluding carboxylic acids is 2. The molecule has 0 spiro atoms. The lowest BCUT2D eigenvalue weighted by Crippen LogP contribution is -2.55. The number of nitrogens with zero attached hydrogens (tertiary/aromatic N) is 2. The molecule has 1 N–H and O–H groups in total. The number of carbonyl (C=O) groups is 2. The van der Waals surface area contributed by atoms with E-state index in [-0.39, 0.29) is 29.5 Å². The molecule has 0 saturated carbocycles. The molecule has 0 heterocycles. The Balaban J connectivity index is 2.09. The maximum atomic E-state index is 14.1. The lowest BCUT2D eigenvalue weighted by Gasteiger charge is -2.35. The minimum absolute atomic E-state index is 0.0137. The van der Waals surface area contributed by atoms with E-state index in [9.17, 15) is 22.4 Å². The summed E-state index contributed by atoms with van der Waals surface area (Å²) in [6.45, 7) is 8.40. The Bertz CT molecular complexity index is 1440. The molecular weight excluding hydrogens is 553 g/mol. The van der Waals surface area contributed by atoms with Gasteiger partial charge in [-0.1, -0.05) is 48.9 Å². The Hall–Kier alpha value is -3.43. The van der Waals surface area contributed by atoms with Crippen molar-refractivity contribution in [1.82, 2.24) is 10.2 Å². The monoisotopic (exact) mass is 587 g/mol. The van der Waals surface area contributed by atoms with E-state index < -0.39 is 39.9 Å². The molecule has 0 aliphatic carbocycles. The molecule has 0 aromatic heterocycles. The van der Waals surface area contributed by atoms with Crippen molar-refractivity contribution in [3.8, 4) is 0 Å². The van der Waals surface area contributed by atoms with Gasteiger partial charge in [0.25, 0.3) is 10.0 Å². The fourth-order valence-corrected chi connectivity index (χ4v) is 6.02. The van der Waals surface area contributed by atoms with Crippen molar-refractivity contribution in [1.29, 1.82) is 0 Å². The minimum Gasteiger partial charge on any atom is -0.350 e. The predicted octanol–water partition coefficient (Wildman–Crippen LogP) is 5.70. The SMILES string of the molecule is CC[C@H](C(=O)NC(C)(C)C)N(Cc1ccc(F)cc1)C(=O)CN(c1ccc(Cl)cc1C)S(=O)(=O)c1ccccc1. The number of aryl methyl sites for hydroxylation is 1. The summed E-state index contributed by atoms with van der Waals surface area (Å²) >= 11 is 6.14. The highest BCUT2D eigenvalue weighted by Gasteiger charge is 2.35. The molecule has 10 heteroatoms. The molecule has 40 heavy (non-hydrogen) atoms. The molecule has 0 aliphatic rings. The summed E-state index contributed by atoms with van der Waals surface area (Å²) in [5.74, 6) is -1.39. The standard InChI is InChI=1S/C30H35ClFN3O4S/c1-6-26(29(37)33-30(3,4)5)34(19-22-12-15-24(32)16-13-22)28(36)20-35(27-17-14-23(31)18-21(27)2)40(38,39)25-10-8-7-9-11-25/h7-18,26H,6,19-20H2,1-5H3,(H,33,37)/t26-/m1/s1. The average Bonchev–Trinajstić information content (AvgIpc) is 2.88. The number of amides is 2. The van der Waals surface area contributed by atoms with Gasteiger partial charge in [0.15, 0.2) is 0 Å². The van der Waals surface area contributed by atoms with Crippen LogP contribution in [0.1, 0.15) is 45.2 Å². The Labute approximate surface area is 241 Å². The first kappa shape index (κ1) is 31.1. The second kappa shape index (κ2) is 12.8. The highest BCUT2D eigenvalue weighted by molar-refractivity contribution is 7.92. The van der Waals surface area contributed by atoms with Crippen molar-refractivity contribution in [2.75, 3.05) is 10.8 Å². The molecule has 0 unspecified atom stereocenters. The van der Waals surface area contributed by atoms with Crippen LogP contribution in [0.25, 0.3) is 0 Å². The Morgan fingerprint density at radius 2 is 1.62 bits per heavy atom. The van der Waals surface area contributed by atoms with Gasteiger partial charge in [-0.2, -0.15) is 0 Å². The number of halogens is 2. The van der Waals surface area contributed by atoms with Gasteiger partial charge in [-0.05, 0) is 87.7 Å². The summed E-state index contributed by atoms with van der Waals surface area (Å²) in [6.07, 6.45) is 0.278. The summed E-state index contributed by atoms with van der Waals surface area (Å²) < 4.78 is 42.4. The van der Waals surface area contributed by atoms with E-state index in [1.807, 2.05) is 20.8 Å². The Morgan fingerprint density at radius 1 is 1.00 bits per heavy atom. The summed E-state index contributed by atoms with van der Waals surface area (Å²) in [4.78, 5) is 28.8. The zero-order chi connectivity index (χ0) is 29.7. The molecule has 0 radical (unpaired) electrons. The second-order valence-corrected chi connectivity index (χ2v) is 12.9. The molecule has 0 bridgehead atoms. The van der Waals surface area contributed by atoms with E-state index in [1.54, 1.807) is 50.2 Å². The van der Waals surface area contributed by atoms with Crippen LogP contribution in [-0.2, 0) is 26.2 Å². The molecule has 214 valence electrons. The van der Waals surface area contributed by atoms with Crippen molar-refractivity contribution >= 4 is 39.1 Å². The Morgan fingerprint density at radius 3 is 2.17 bits per heavy atom. The number of hydrogen-bond donors (Lipinski definition) is 1. The van der Waals surface area contributed by atoms with E-state index in [4.69, 9.17) is 11.6 Å². The molecule has 0 fully saturated rings. The molecule has 2 amide bonds. The van der Waals surface area contributed by atoms with Crippen molar-refractivity contribution < 1.29 is 22.4 Å². The molecular formula is C30H35ClFN3O4S. The van der Waals surface area contributed by atoms with E-state index in [0.29, 0.717) is 16.1 Å². The number of anilines is 1. The largest absolute Gasteiger partial charge is 0.350 e. The predicted molar refractivity (Wildman–Crippen MR) is 156 cm³/mol. The zero-order valence-corrected chi connectivity index (χ0v) is 24.9. The van der Waals surface area contributed by atoms with Gasteiger partial charge in [0.05, 0.1) is 10.6 Å². The molecule has 3 aromatic rings. The number of benzene rings is 3. The second-order valence-electron chi connectivity index (χ2n) is 10.6. The number of nitrogens with one attached hydrogen (secondary N) is 1. The lowest BCUT2D eigenvalue weighted by molar-refractivity contribution is -0.141. The fourth-order valence-electron chi connectivity index (χ4n) is 4.29. The first-order valence-corrected chi connectivity index (χ1v) is 14.7. The van der Waals surface area contributed by atoms with Gasteiger partial charge in [-0.25, -0.2) is 12.8 Å². The zero-order valence-electron chi connectivity index (χ0n) is 23.3. The molecule has 7 nitrogen and oxygen atoms in total. The summed E-state index contributed by atoms with van der Waals surface area (Å²) in [6, 6.07) is 17.3. The highest BCUT2D eigenvalue weighted by Crippen LogP contribution is 2.29. The van der Waals surface area contributed by atoms with Crippen LogP contribution >= 0.6 is 11.6 Å². The van der Waals surface area contributed by atoms with Crippen LogP contribution in [0.5, 0.6) is 0 Å². The van der Waals surface area contributed by atoms with Gasteiger partial charge in [-0.3, -0.25) is 13.9 Å². The normalized spacial score (nSPS) is 12.5. The first-order valence-electron chi connectivity index (χ1n) is 12.9. The van der Waals surface area contributed by atoms with Gasteiger partial charge in [0, 0.05) is 17.1 Å². The van der Waals surface area contributed by atoms with Crippen LogP contribution in [0.4, 0.5) is 10.1 Å². The van der Waals surface area contributed by atoms with Crippen LogP contribution in [0.2, 0.25) is 5.02 Å². The van der Waals surface area contributed by atoms with E-state index >= 15 is 0 Å². The minimum atomic E-state index is -4.19. The molecule has 3 aromatic carbocycles. The maximum absolute atomic E-state index is 14.1. The molecule has 3 rings (SSSR count). The van der Waals surface area contributed by atoms with Crippen LogP contribution in [0.3, 0.4) is 0 Å². The molecule has 1 atom stereocenters. The quantitative estimate of drug-likeness (QED) is 0.329. The number of rotatable bonds is 10. The van der Waals surface area contributed by atoms with Gasteiger partial charge in [0.2, 0.25) is 11.8 Å². The molecule has 0 aliphatic heterocycles. The number of sulfonamides is 1. The van der Waals surface area contributed by atoms with Gasteiger partial charge >= 0.3 is 0 Å². The topological polar surface area (TPSA) is 86.8 Å². The summed E-state index contributed by atoms with van der Waals surface area (Å²) in [5, 5.41) is 3.34. The van der Waals surface area contributed by atoms with Crippen molar-refractivity contribution in [2.24, 2.45) is 0 Å². The van der Waals surface area contributed by atoms with Crippen LogP contribution in [-0.4, -0.2) is 43.3 Å². The van der Waals surface area contributed by atoms with Crippen molar-refractivity contribution in [3.63, 3.8) is 0 Å². The van der Waals surface area contributed by atoms with Gasteiger partial charge in [0.1, 0.15) is 18.4 Å². The van der Waals surface area contributed by atoms with Crippen LogP contribution in [0.15, 0.2) is 77.7 Å². The van der Waals surface area contributed by atoms with Gasteiger partial charge < -0.3 is 10.2 Å². The van der Waals surface area contributed by atoms with E-state index in [0.717, 1.165) is 4.31 Å². The third-order valence-corrected chi connectivity index (χ3v) is 8.20. The van der Waals surface area contributed by atoms with Crippen molar-refractivity contribution in [3.05, 3.63) is 94.8 Å². The lowest BCUT2D eigenvalue weighted by atomic mass is 10.1. The third-order valence-electron chi connectivity index (χ3n) is 6.19. The summed E-state index contributed by atoms with van der Waals surface area (Å²) in [7, 11) is -4.19. The smallest absolute Gasteiger partial charge is 0.264 e. The average molecular weight is 588 g/mol. The van der Waals surface area contributed by atoms with Crippen LogP contribution < -0.4 is 9.62 Å². The number of hydrogen-bond acceptors (Lipinski definition) is 4. The maximum Gasteiger partial charge on any atom is 0.264 e. The Kier molecular flexibility index (Phi) is 9.97. The summed E-state index contributed by atoms with van der Waals surface area (Å²) in [5.41, 5.74) is 0.882. The highest BCUT2D eigenvalue weighted by atomic mass is 35.5. The fraction of sp³-hybridized carbons (Fsp3) is 0.333. The van der Waals surface area contributed by atoms with Crippen molar-refractivity contribution in [2.45, 2.75) is 64.1 Å².